The molecule has 0 amide bonds. The number of ether oxygens (including phenoxy) is 3. The van der Waals surface area contributed by atoms with Crippen molar-refractivity contribution in [1.29, 1.82) is 0 Å². The standard InChI is InChI=1S/C24H22Cl2O4/c1-16(2)23(30-22-12-11-18(25)14-21(22)26)24(27)28-15-17-7-6-10-20(13-17)29-19-8-4-3-5-9-19/h3-14,16,23H,15H2,1-2H3. The molecule has 1 atom stereocenters. The maximum Gasteiger partial charge on any atom is 0.347 e. The summed E-state index contributed by atoms with van der Waals surface area (Å²) in [6.07, 6.45) is -0.799. The van der Waals surface area contributed by atoms with Gasteiger partial charge in [-0.15, -0.1) is 0 Å². The van der Waals surface area contributed by atoms with Crippen molar-refractivity contribution in [3.05, 3.63) is 88.4 Å². The highest BCUT2D eigenvalue weighted by Gasteiger charge is 2.27. The second-order valence-corrected chi connectivity index (χ2v) is 7.87. The zero-order chi connectivity index (χ0) is 21.5. The summed E-state index contributed by atoms with van der Waals surface area (Å²) in [6, 6.07) is 21.7. The number of hydrogen-bond donors (Lipinski definition) is 0. The van der Waals surface area contributed by atoms with Gasteiger partial charge in [0.25, 0.3) is 0 Å². The molecule has 3 aromatic carbocycles. The summed E-state index contributed by atoms with van der Waals surface area (Å²) in [5, 5.41) is 0.834. The Hall–Kier alpha value is -2.69. The van der Waals surface area contributed by atoms with E-state index in [0.717, 1.165) is 11.3 Å². The fraction of sp³-hybridized carbons (Fsp3) is 0.208. The first-order valence-corrected chi connectivity index (χ1v) is 10.3. The Labute approximate surface area is 186 Å². The Kier molecular flexibility index (Phi) is 7.61. The lowest BCUT2D eigenvalue weighted by molar-refractivity contribution is -0.155. The van der Waals surface area contributed by atoms with E-state index >= 15 is 0 Å². The molecule has 0 bridgehead atoms. The highest BCUT2D eigenvalue weighted by molar-refractivity contribution is 6.35. The SMILES string of the molecule is CC(C)C(Oc1ccc(Cl)cc1Cl)C(=O)OCc1cccc(Oc2ccccc2)c1. The molecule has 0 spiro atoms. The van der Waals surface area contributed by atoms with E-state index in [0.29, 0.717) is 21.5 Å². The average molecular weight is 445 g/mol. The van der Waals surface area contributed by atoms with Crippen molar-refractivity contribution in [3.8, 4) is 17.2 Å². The monoisotopic (exact) mass is 444 g/mol. The maximum atomic E-state index is 12.7. The zero-order valence-corrected chi connectivity index (χ0v) is 18.2. The minimum atomic E-state index is -0.799. The highest BCUT2D eigenvalue weighted by atomic mass is 35.5. The van der Waals surface area contributed by atoms with Crippen LogP contribution < -0.4 is 9.47 Å². The van der Waals surface area contributed by atoms with Crippen molar-refractivity contribution >= 4 is 29.2 Å². The fourth-order valence-corrected chi connectivity index (χ4v) is 3.18. The second kappa shape index (κ2) is 10.4. The third-order valence-electron chi connectivity index (χ3n) is 4.24. The minimum Gasteiger partial charge on any atom is -0.477 e. The Morgan fingerprint density at radius 2 is 1.63 bits per heavy atom. The lowest BCUT2D eigenvalue weighted by atomic mass is 10.1. The van der Waals surface area contributed by atoms with Gasteiger partial charge in [-0.1, -0.05) is 67.4 Å². The molecule has 3 aromatic rings. The van der Waals surface area contributed by atoms with E-state index in [1.165, 1.54) is 0 Å². The Morgan fingerprint density at radius 1 is 0.900 bits per heavy atom. The number of esters is 1. The number of carbonyl (C=O) groups is 1. The van der Waals surface area contributed by atoms with Crippen LogP contribution >= 0.6 is 23.2 Å². The molecule has 0 aromatic heterocycles. The van der Waals surface area contributed by atoms with Crippen molar-refractivity contribution < 1.29 is 19.0 Å². The smallest absolute Gasteiger partial charge is 0.347 e. The maximum absolute atomic E-state index is 12.7. The molecule has 0 N–H and O–H groups in total. The number of benzene rings is 3. The van der Waals surface area contributed by atoms with E-state index in [1.54, 1.807) is 18.2 Å². The summed E-state index contributed by atoms with van der Waals surface area (Å²) in [5.74, 6) is 1.21. The molecule has 3 rings (SSSR count). The Morgan fingerprint density at radius 3 is 2.33 bits per heavy atom. The molecule has 156 valence electrons. The second-order valence-electron chi connectivity index (χ2n) is 7.03. The largest absolute Gasteiger partial charge is 0.477 e. The van der Waals surface area contributed by atoms with Crippen LogP contribution in [0.1, 0.15) is 19.4 Å². The van der Waals surface area contributed by atoms with Crippen molar-refractivity contribution in [2.75, 3.05) is 0 Å². The van der Waals surface area contributed by atoms with Gasteiger partial charge in [0, 0.05) is 10.9 Å². The van der Waals surface area contributed by atoms with Crippen LogP contribution in [0.4, 0.5) is 0 Å². The average Bonchev–Trinajstić information content (AvgIpc) is 2.72. The van der Waals surface area contributed by atoms with Crippen LogP contribution in [-0.4, -0.2) is 12.1 Å². The number of para-hydroxylation sites is 1. The first-order chi connectivity index (χ1) is 14.4. The summed E-state index contributed by atoms with van der Waals surface area (Å²) in [5.41, 5.74) is 0.809. The molecule has 1 unspecified atom stereocenters. The first-order valence-electron chi connectivity index (χ1n) is 9.52. The van der Waals surface area contributed by atoms with Gasteiger partial charge in [-0.05, 0) is 48.0 Å². The van der Waals surface area contributed by atoms with Gasteiger partial charge in [0.2, 0.25) is 0 Å². The van der Waals surface area contributed by atoms with E-state index in [2.05, 4.69) is 0 Å². The summed E-state index contributed by atoms with van der Waals surface area (Å²) in [7, 11) is 0. The summed E-state index contributed by atoms with van der Waals surface area (Å²) >= 11 is 12.1. The zero-order valence-electron chi connectivity index (χ0n) is 16.7. The Bertz CT molecular complexity index is 990. The van der Waals surface area contributed by atoms with E-state index in [1.807, 2.05) is 68.4 Å². The summed E-state index contributed by atoms with van der Waals surface area (Å²) in [6.45, 7) is 3.86. The number of hydrogen-bond acceptors (Lipinski definition) is 4. The number of halogens is 2. The molecule has 0 aliphatic heterocycles. The normalized spacial score (nSPS) is 11.8. The van der Waals surface area contributed by atoms with Crippen LogP contribution in [0.15, 0.2) is 72.8 Å². The molecule has 0 fully saturated rings. The fourth-order valence-electron chi connectivity index (χ4n) is 2.72. The third-order valence-corrected chi connectivity index (χ3v) is 4.77. The molecular formula is C24H22Cl2O4. The van der Waals surface area contributed by atoms with Crippen LogP contribution in [0, 0.1) is 5.92 Å². The minimum absolute atomic E-state index is 0.103. The summed E-state index contributed by atoms with van der Waals surface area (Å²) in [4.78, 5) is 12.7. The lowest BCUT2D eigenvalue weighted by Crippen LogP contribution is -2.34. The molecule has 0 heterocycles. The quantitative estimate of drug-likeness (QED) is 0.353. The molecule has 0 saturated heterocycles. The van der Waals surface area contributed by atoms with E-state index in [9.17, 15) is 4.79 Å². The lowest BCUT2D eigenvalue weighted by Gasteiger charge is -2.21. The highest BCUT2D eigenvalue weighted by Crippen LogP contribution is 2.30. The van der Waals surface area contributed by atoms with Gasteiger partial charge in [0.15, 0.2) is 6.10 Å². The molecule has 30 heavy (non-hydrogen) atoms. The molecular weight excluding hydrogens is 423 g/mol. The molecule has 0 saturated carbocycles. The van der Waals surface area contributed by atoms with Crippen LogP contribution in [0.2, 0.25) is 10.0 Å². The summed E-state index contributed by atoms with van der Waals surface area (Å²) < 4.78 is 17.2. The van der Waals surface area contributed by atoms with E-state index in [-0.39, 0.29) is 12.5 Å². The number of carbonyl (C=O) groups excluding carboxylic acids is 1. The van der Waals surface area contributed by atoms with Gasteiger partial charge in [0.1, 0.15) is 23.9 Å². The predicted octanol–water partition coefficient (Wildman–Crippen LogP) is 6.93. The van der Waals surface area contributed by atoms with Gasteiger partial charge in [0.05, 0.1) is 5.02 Å². The molecule has 4 nitrogen and oxygen atoms in total. The van der Waals surface area contributed by atoms with Gasteiger partial charge < -0.3 is 14.2 Å². The van der Waals surface area contributed by atoms with Gasteiger partial charge in [-0.3, -0.25) is 0 Å². The van der Waals surface area contributed by atoms with Gasteiger partial charge in [-0.25, -0.2) is 4.79 Å². The van der Waals surface area contributed by atoms with Gasteiger partial charge >= 0.3 is 5.97 Å². The van der Waals surface area contributed by atoms with E-state index in [4.69, 9.17) is 37.4 Å². The van der Waals surface area contributed by atoms with Crippen molar-refractivity contribution in [2.24, 2.45) is 5.92 Å². The van der Waals surface area contributed by atoms with Crippen molar-refractivity contribution in [3.63, 3.8) is 0 Å². The first kappa shape index (κ1) is 22.0. The van der Waals surface area contributed by atoms with Crippen LogP contribution in [0.5, 0.6) is 17.2 Å². The Balaban J connectivity index is 1.63. The van der Waals surface area contributed by atoms with Gasteiger partial charge in [-0.2, -0.15) is 0 Å². The molecule has 0 aliphatic carbocycles. The van der Waals surface area contributed by atoms with Crippen LogP contribution in [0.3, 0.4) is 0 Å². The molecule has 0 aliphatic rings. The third kappa shape index (κ3) is 6.15. The van der Waals surface area contributed by atoms with Crippen molar-refractivity contribution in [1.82, 2.24) is 0 Å². The topological polar surface area (TPSA) is 44.8 Å². The van der Waals surface area contributed by atoms with Crippen LogP contribution in [0.25, 0.3) is 0 Å². The van der Waals surface area contributed by atoms with Crippen LogP contribution in [-0.2, 0) is 16.1 Å². The predicted molar refractivity (Wildman–Crippen MR) is 118 cm³/mol. The molecule has 0 radical (unpaired) electrons. The molecule has 6 heteroatoms. The number of rotatable bonds is 8. The van der Waals surface area contributed by atoms with Crippen molar-refractivity contribution in [2.45, 2.75) is 26.6 Å². The van der Waals surface area contributed by atoms with E-state index < -0.39 is 12.1 Å².